The number of hydrogen-bond acceptors (Lipinski definition) is 1. The number of nitrogens with zero attached hydrogens (tertiary/aromatic N) is 1. The Morgan fingerprint density at radius 3 is 1.47 bits per heavy atom. The van der Waals surface area contributed by atoms with E-state index in [-0.39, 0.29) is 4.65 Å². The van der Waals surface area contributed by atoms with Crippen molar-refractivity contribution < 1.29 is 4.65 Å². The van der Waals surface area contributed by atoms with Gasteiger partial charge in [0.15, 0.2) is 0 Å². The summed E-state index contributed by atoms with van der Waals surface area (Å²) in [5.74, 6) is 0. The van der Waals surface area contributed by atoms with Crippen molar-refractivity contribution in [3.05, 3.63) is 77.0 Å². The average molecular weight is 227 g/mol. The molecule has 2 heteroatoms. The first-order valence-corrected chi connectivity index (χ1v) is 5.79. The van der Waals surface area contributed by atoms with Crippen LogP contribution in [0.4, 0.5) is 0 Å². The Labute approximate surface area is 102 Å². The molecule has 17 heavy (non-hydrogen) atoms. The molecule has 88 valence electrons. The molecule has 0 saturated heterocycles. The highest BCUT2D eigenvalue weighted by Gasteiger charge is 2.11. The molecular formula is C15H17NO. The Balaban J connectivity index is 2.04. The quantitative estimate of drug-likeness (QED) is 0.580. The van der Waals surface area contributed by atoms with Gasteiger partial charge in [-0.05, 0) is 0 Å². The van der Waals surface area contributed by atoms with Crippen LogP contribution in [0.3, 0.4) is 0 Å². The summed E-state index contributed by atoms with van der Waals surface area (Å²) in [7, 11) is 1.72. The normalized spacial score (nSPS) is 11.4. The molecule has 0 unspecified atom stereocenters. The molecule has 0 amide bonds. The summed E-state index contributed by atoms with van der Waals surface area (Å²) in [6.07, 6.45) is 0. The number of quaternary nitrogens is 1. The van der Waals surface area contributed by atoms with E-state index in [0.29, 0.717) is 13.1 Å². The van der Waals surface area contributed by atoms with E-state index < -0.39 is 0 Å². The van der Waals surface area contributed by atoms with Crippen molar-refractivity contribution in [3.8, 4) is 0 Å². The molecule has 0 aromatic heterocycles. The highest BCUT2D eigenvalue weighted by atomic mass is 16.5. The van der Waals surface area contributed by atoms with Crippen LogP contribution in [-0.4, -0.2) is 11.7 Å². The van der Waals surface area contributed by atoms with Gasteiger partial charge in [0.25, 0.3) is 0 Å². The van der Waals surface area contributed by atoms with Gasteiger partial charge in [0.2, 0.25) is 0 Å². The van der Waals surface area contributed by atoms with Gasteiger partial charge in [-0.2, -0.15) is 0 Å². The van der Waals surface area contributed by atoms with Crippen LogP contribution in [0.15, 0.2) is 60.7 Å². The van der Waals surface area contributed by atoms with E-state index in [1.807, 2.05) is 60.7 Å². The molecule has 2 aromatic carbocycles. The van der Waals surface area contributed by atoms with Crippen molar-refractivity contribution in [3.63, 3.8) is 0 Å². The van der Waals surface area contributed by atoms with Crippen LogP contribution in [0.5, 0.6) is 0 Å². The second kappa shape index (κ2) is 5.13. The first kappa shape index (κ1) is 11.8. The number of rotatable bonds is 4. The lowest BCUT2D eigenvalue weighted by Crippen LogP contribution is -2.35. The Morgan fingerprint density at radius 1 is 0.765 bits per heavy atom. The summed E-state index contributed by atoms with van der Waals surface area (Å²) in [4.78, 5) is 0. The Bertz CT molecular complexity index is 407. The first-order chi connectivity index (χ1) is 8.16. The maximum atomic E-state index is 12.4. The van der Waals surface area contributed by atoms with Crippen LogP contribution in [0.25, 0.3) is 0 Å². The van der Waals surface area contributed by atoms with Gasteiger partial charge >= 0.3 is 0 Å². The predicted octanol–water partition coefficient (Wildman–Crippen LogP) is 3.33. The van der Waals surface area contributed by atoms with E-state index in [0.717, 1.165) is 11.1 Å². The molecule has 0 aliphatic heterocycles. The third-order valence-electron chi connectivity index (χ3n) is 2.72. The second-order valence-electron chi connectivity index (χ2n) is 4.58. The molecule has 0 spiro atoms. The van der Waals surface area contributed by atoms with Crippen LogP contribution >= 0.6 is 0 Å². The van der Waals surface area contributed by atoms with Crippen molar-refractivity contribution >= 4 is 0 Å². The van der Waals surface area contributed by atoms with Crippen LogP contribution in [-0.2, 0) is 13.1 Å². The lowest BCUT2D eigenvalue weighted by Gasteiger charge is -2.38. The van der Waals surface area contributed by atoms with E-state index in [1.54, 1.807) is 7.05 Å². The molecule has 0 heterocycles. The van der Waals surface area contributed by atoms with E-state index in [9.17, 15) is 5.21 Å². The van der Waals surface area contributed by atoms with Crippen LogP contribution in [0.2, 0.25) is 0 Å². The molecular weight excluding hydrogens is 210 g/mol. The van der Waals surface area contributed by atoms with Crippen LogP contribution < -0.4 is 0 Å². The minimum Gasteiger partial charge on any atom is -0.632 e. The standard InChI is InChI=1S/C15H17NO/c1-16(17,12-14-8-4-2-5-9-14)13-15-10-6-3-7-11-15/h2-11H,12-13H2,1H3. The third-order valence-corrected chi connectivity index (χ3v) is 2.72. The molecule has 0 N–H and O–H groups in total. The average Bonchev–Trinajstić information content (AvgIpc) is 2.30. The summed E-state index contributed by atoms with van der Waals surface area (Å²) in [5.41, 5.74) is 2.17. The zero-order valence-electron chi connectivity index (χ0n) is 10.0. The Hall–Kier alpha value is -1.64. The Kier molecular flexibility index (Phi) is 3.57. The number of hydrogen-bond donors (Lipinski definition) is 0. The summed E-state index contributed by atoms with van der Waals surface area (Å²) in [5, 5.41) is 12.4. The largest absolute Gasteiger partial charge is 0.632 e. The van der Waals surface area contributed by atoms with E-state index in [4.69, 9.17) is 0 Å². The predicted molar refractivity (Wildman–Crippen MR) is 69.8 cm³/mol. The van der Waals surface area contributed by atoms with Crippen molar-refractivity contribution in [2.75, 3.05) is 7.05 Å². The fraction of sp³-hybridized carbons (Fsp3) is 0.200. The molecule has 0 aliphatic carbocycles. The third kappa shape index (κ3) is 3.70. The summed E-state index contributed by atoms with van der Waals surface area (Å²) in [6, 6.07) is 19.8. The Morgan fingerprint density at radius 2 is 1.12 bits per heavy atom. The SMILES string of the molecule is C[N+]([O-])(Cc1ccccc1)Cc1ccccc1. The van der Waals surface area contributed by atoms with Gasteiger partial charge in [-0.3, -0.25) is 0 Å². The number of benzene rings is 2. The lowest BCUT2D eigenvalue weighted by molar-refractivity contribution is -0.887. The zero-order chi connectivity index (χ0) is 12.1. The van der Waals surface area contributed by atoms with Crippen LogP contribution in [0.1, 0.15) is 11.1 Å². The van der Waals surface area contributed by atoms with Gasteiger partial charge in [-0.25, -0.2) is 0 Å². The summed E-state index contributed by atoms with van der Waals surface area (Å²) in [6.45, 7) is 1.02. The highest BCUT2D eigenvalue weighted by molar-refractivity contribution is 5.15. The molecule has 0 radical (unpaired) electrons. The molecule has 2 nitrogen and oxygen atoms in total. The molecule has 0 fully saturated rings. The monoisotopic (exact) mass is 227 g/mol. The highest BCUT2D eigenvalue weighted by Crippen LogP contribution is 2.15. The van der Waals surface area contributed by atoms with Crippen molar-refractivity contribution in [2.24, 2.45) is 0 Å². The molecule has 0 saturated carbocycles. The summed E-state index contributed by atoms with van der Waals surface area (Å²) < 4.78 is -0.270. The topological polar surface area (TPSA) is 23.1 Å². The smallest absolute Gasteiger partial charge is 0.104 e. The van der Waals surface area contributed by atoms with Crippen molar-refractivity contribution in [1.82, 2.24) is 0 Å². The second-order valence-corrected chi connectivity index (χ2v) is 4.58. The van der Waals surface area contributed by atoms with Gasteiger partial charge < -0.3 is 9.85 Å². The van der Waals surface area contributed by atoms with Gasteiger partial charge in [-0.15, -0.1) is 0 Å². The zero-order valence-corrected chi connectivity index (χ0v) is 10.0. The van der Waals surface area contributed by atoms with Gasteiger partial charge in [0.05, 0.1) is 7.05 Å². The molecule has 2 rings (SSSR count). The van der Waals surface area contributed by atoms with Gasteiger partial charge in [0, 0.05) is 11.1 Å². The number of hydroxylamine groups is 3. The maximum absolute atomic E-state index is 12.4. The van der Waals surface area contributed by atoms with Crippen molar-refractivity contribution in [2.45, 2.75) is 13.1 Å². The van der Waals surface area contributed by atoms with Gasteiger partial charge in [0.1, 0.15) is 13.1 Å². The van der Waals surface area contributed by atoms with Gasteiger partial charge in [-0.1, -0.05) is 60.7 Å². The minimum absolute atomic E-state index is 0.270. The molecule has 2 aromatic rings. The fourth-order valence-electron chi connectivity index (χ4n) is 2.00. The lowest BCUT2D eigenvalue weighted by atomic mass is 10.2. The van der Waals surface area contributed by atoms with Crippen molar-refractivity contribution in [1.29, 1.82) is 0 Å². The molecule has 0 aliphatic rings. The summed E-state index contributed by atoms with van der Waals surface area (Å²) >= 11 is 0. The van der Waals surface area contributed by atoms with Crippen LogP contribution in [0, 0.1) is 5.21 Å². The molecule has 0 atom stereocenters. The fourth-order valence-corrected chi connectivity index (χ4v) is 2.00. The first-order valence-electron chi connectivity index (χ1n) is 5.79. The minimum atomic E-state index is -0.270. The molecule has 0 bridgehead atoms. The van der Waals surface area contributed by atoms with E-state index >= 15 is 0 Å². The maximum Gasteiger partial charge on any atom is 0.104 e. The van der Waals surface area contributed by atoms with E-state index in [2.05, 4.69) is 0 Å². The van der Waals surface area contributed by atoms with E-state index in [1.165, 1.54) is 0 Å².